The molecule has 1 saturated heterocycles. The van der Waals surface area contributed by atoms with Crippen molar-refractivity contribution in [3.8, 4) is 0 Å². The summed E-state index contributed by atoms with van der Waals surface area (Å²) >= 11 is 0. The summed E-state index contributed by atoms with van der Waals surface area (Å²) < 4.78 is 19.0. The Morgan fingerprint density at radius 3 is 2.44 bits per heavy atom. The van der Waals surface area contributed by atoms with E-state index in [1.165, 1.54) is 0 Å². The Balaban J connectivity index is 2.59. The zero-order valence-corrected chi connectivity index (χ0v) is 11.2. The number of carbonyl (C=O) groups is 1. The second-order valence-corrected chi connectivity index (χ2v) is 7.78. The standard InChI is InChI=1S/C10H21N3O2S/c1-10(2,3)12-9(14)13(4)8-5-6-16(11,15)7-8/h8,11H,5-7H2,1-4H3,(H,12,14). The molecule has 0 saturated carbocycles. The molecule has 2 amide bonds. The lowest BCUT2D eigenvalue weighted by molar-refractivity contribution is 0.186. The van der Waals surface area contributed by atoms with Crippen LogP contribution in [0.5, 0.6) is 0 Å². The van der Waals surface area contributed by atoms with Crippen LogP contribution in [0.3, 0.4) is 0 Å². The van der Waals surface area contributed by atoms with Crippen LogP contribution in [0.15, 0.2) is 0 Å². The molecule has 1 rings (SSSR count). The molecule has 5 nitrogen and oxygen atoms in total. The number of hydrogen-bond acceptors (Lipinski definition) is 3. The van der Waals surface area contributed by atoms with Crippen LogP contribution in [0.2, 0.25) is 0 Å². The second-order valence-electron chi connectivity index (χ2n) is 5.42. The predicted octanol–water partition coefficient (Wildman–Crippen LogP) is 1.25. The first kappa shape index (κ1) is 13.3. The summed E-state index contributed by atoms with van der Waals surface area (Å²) in [4.78, 5) is 13.4. The van der Waals surface area contributed by atoms with Gasteiger partial charge in [0.25, 0.3) is 0 Å². The fourth-order valence-corrected chi connectivity index (χ4v) is 3.52. The molecule has 1 heterocycles. The van der Waals surface area contributed by atoms with Gasteiger partial charge in [-0.05, 0) is 27.2 Å². The van der Waals surface area contributed by atoms with E-state index < -0.39 is 9.73 Å². The Kier molecular flexibility index (Phi) is 3.52. The van der Waals surface area contributed by atoms with E-state index in [1.807, 2.05) is 20.8 Å². The van der Waals surface area contributed by atoms with Gasteiger partial charge in [-0.3, -0.25) is 4.78 Å². The first-order valence-corrected chi connectivity index (χ1v) is 7.29. The monoisotopic (exact) mass is 247 g/mol. The van der Waals surface area contributed by atoms with Crippen molar-refractivity contribution >= 4 is 15.8 Å². The zero-order chi connectivity index (χ0) is 12.6. The summed E-state index contributed by atoms with van der Waals surface area (Å²) in [6, 6.07) is -0.220. The lowest BCUT2D eigenvalue weighted by atomic mass is 10.1. The van der Waals surface area contributed by atoms with Crippen molar-refractivity contribution in [3.05, 3.63) is 0 Å². The number of urea groups is 1. The Labute approximate surface area is 97.6 Å². The third-order valence-electron chi connectivity index (χ3n) is 2.59. The molecule has 2 atom stereocenters. The number of nitrogens with one attached hydrogen (secondary N) is 2. The molecule has 94 valence electrons. The number of rotatable bonds is 1. The fourth-order valence-electron chi connectivity index (χ4n) is 1.68. The number of amides is 2. The number of nitrogens with zero attached hydrogens (tertiary/aromatic N) is 1. The molecule has 0 aromatic carbocycles. The van der Waals surface area contributed by atoms with Gasteiger partial charge in [-0.1, -0.05) is 0 Å². The van der Waals surface area contributed by atoms with Gasteiger partial charge in [0.05, 0.1) is 5.75 Å². The first-order chi connectivity index (χ1) is 7.11. The second kappa shape index (κ2) is 4.24. The quantitative estimate of drug-likeness (QED) is 0.731. The van der Waals surface area contributed by atoms with Gasteiger partial charge >= 0.3 is 6.03 Å². The molecule has 0 spiro atoms. The van der Waals surface area contributed by atoms with Gasteiger partial charge in [0.15, 0.2) is 0 Å². The zero-order valence-electron chi connectivity index (χ0n) is 10.4. The van der Waals surface area contributed by atoms with Gasteiger partial charge in [0.2, 0.25) is 0 Å². The molecule has 0 bridgehead atoms. The molecule has 2 unspecified atom stereocenters. The smallest absolute Gasteiger partial charge is 0.317 e. The van der Waals surface area contributed by atoms with Crippen LogP contribution in [0.4, 0.5) is 4.79 Å². The summed E-state index contributed by atoms with van der Waals surface area (Å²) in [5, 5.41) is 2.86. The van der Waals surface area contributed by atoms with E-state index in [-0.39, 0.29) is 17.6 Å². The maximum absolute atomic E-state index is 11.8. The largest absolute Gasteiger partial charge is 0.333 e. The van der Waals surface area contributed by atoms with Crippen molar-refractivity contribution in [2.75, 3.05) is 18.6 Å². The van der Waals surface area contributed by atoms with E-state index in [9.17, 15) is 9.00 Å². The minimum Gasteiger partial charge on any atom is -0.333 e. The van der Waals surface area contributed by atoms with E-state index in [0.29, 0.717) is 17.9 Å². The van der Waals surface area contributed by atoms with Crippen molar-refractivity contribution in [1.82, 2.24) is 10.2 Å². The highest BCUT2D eigenvalue weighted by Gasteiger charge is 2.31. The molecule has 0 aliphatic carbocycles. The normalized spacial score (nSPS) is 30.1. The van der Waals surface area contributed by atoms with Gasteiger partial charge in [0, 0.05) is 34.1 Å². The van der Waals surface area contributed by atoms with Crippen LogP contribution < -0.4 is 5.32 Å². The van der Waals surface area contributed by atoms with Crippen LogP contribution in [0, 0.1) is 4.78 Å². The summed E-state index contributed by atoms with van der Waals surface area (Å²) in [6.45, 7) is 5.75. The highest BCUT2D eigenvalue weighted by atomic mass is 32.2. The summed E-state index contributed by atoms with van der Waals surface area (Å²) in [7, 11) is -0.738. The third kappa shape index (κ3) is 3.66. The minimum atomic E-state index is -2.44. The molecule has 0 aromatic rings. The Morgan fingerprint density at radius 2 is 2.06 bits per heavy atom. The van der Waals surface area contributed by atoms with E-state index in [2.05, 4.69) is 5.32 Å². The summed E-state index contributed by atoms with van der Waals surface area (Å²) in [5.41, 5.74) is -0.272. The van der Waals surface area contributed by atoms with Crippen molar-refractivity contribution in [3.63, 3.8) is 0 Å². The van der Waals surface area contributed by atoms with E-state index in [1.54, 1.807) is 11.9 Å². The Hall–Kier alpha value is -0.780. The van der Waals surface area contributed by atoms with Crippen LogP contribution in [-0.4, -0.2) is 45.3 Å². The Morgan fingerprint density at radius 1 is 1.50 bits per heavy atom. The predicted molar refractivity (Wildman–Crippen MR) is 65.0 cm³/mol. The van der Waals surface area contributed by atoms with Crippen LogP contribution >= 0.6 is 0 Å². The highest BCUT2D eigenvalue weighted by Crippen LogP contribution is 2.17. The SMILES string of the molecule is CN(C(=O)NC(C)(C)C)C1CCS(=N)(=O)C1. The van der Waals surface area contributed by atoms with Gasteiger partial charge < -0.3 is 10.2 Å². The van der Waals surface area contributed by atoms with E-state index >= 15 is 0 Å². The molecule has 0 aromatic heterocycles. The van der Waals surface area contributed by atoms with Crippen LogP contribution in [-0.2, 0) is 9.73 Å². The molecule has 1 fully saturated rings. The van der Waals surface area contributed by atoms with Crippen LogP contribution in [0.25, 0.3) is 0 Å². The van der Waals surface area contributed by atoms with Crippen molar-refractivity contribution in [2.24, 2.45) is 0 Å². The van der Waals surface area contributed by atoms with Crippen LogP contribution in [0.1, 0.15) is 27.2 Å². The Bertz CT molecular complexity index is 370. The number of carbonyl (C=O) groups excluding carboxylic acids is 1. The van der Waals surface area contributed by atoms with Gasteiger partial charge in [-0.2, -0.15) is 0 Å². The summed E-state index contributed by atoms with van der Waals surface area (Å²) in [5.74, 6) is 0.714. The molecule has 1 aliphatic rings. The average molecular weight is 247 g/mol. The molecule has 2 N–H and O–H groups in total. The third-order valence-corrected chi connectivity index (χ3v) is 4.41. The van der Waals surface area contributed by atoms with Gasteiger partial charge in [-0.25, -0.2) is 9.00 Å². The molecule has 16 heavy (non-hydrogen) atoms. The van der Waals surface area contributed by atoms with E-state index in [0.717, 1.165) is 0 Å². The summed E-state index contributed by atoms with van der Waals surface area (Å²) in [6.07, 6.45) is 0.663. The first-order valence-electron chi connectivity index (χ1n) is 5.40. The maximum atomic E-state index is 11.8. The van der Waals surface area contributed by atoms with Gasteiger partial charge in [0.1, 0.15) is 0 Å². The highest BCUT2D eigenvalue weighted by molar-refractivity contribution is 7.92. The minimum absolute atomic E-state index is 0.0626. The average Bonchev–Trinajstić information content (AvgIpc) is 2.41. The van der Waals surface area contributed by atoms with Crippen molar-refractivity contribution in [1.29, 1.82) is 4.78 Å². The van der Waals surface area contributed by atoms with Crippen molar-refractivity contribution in [2.45, 2.75) is 38.8 Å². The topological polar surface area (TPSA) is 73.3 Å². The lowest BCUT2D eigenvalue weighted by Gasteiger charge is -2.29. The maximum Gasteiger partial charge on any atom is 0.317 e. The lowest BCUT2D eigenvalue weighted by Crippen LogP contribution is -2.50. The molecule has 6 heteroatoms. The van der Waals surface area contributed by atoms with E-state index in [4.69, 9.17) is 4.78 Å². The van der Waals surface area contributed by atoms with Gasteiger partial charge in [-0.15, -0.1) is 0 Å². The molecular formula is C10H21N3O2S. The molecule has 1 aliphatic heterocycles. The number of hydrogen-bond donors (Lipinski definition) is 2. The molecule has 0 radical (unpaired) electrons. The van der Waals surface area contributed by atoms with Crippen molar-refractivity contribution < 1.29 is 9.00 Å². The fraction of sp³-hybridized carbons (Fsp3) is 0.900. The molecular weight excluding hydrogens is 226 g/mol.